The predicted molar refractivity (Wildman–Crippen MR) is 98.0 cm³/mol. The van der Waals surface area contributed by atoms with Gasteiger partial charge in [0, 0.05) is 32.7 Å². The zero-order valence-corrected chi connectivity index (χ0v) is 17.1. The number of hydrogen-bond donors (Lipinski definition) is 1. The van der Waals surface area contributed by atoms with Gasteiger partial charge in [0.2, 0.25) is 5.91 Å². The van der Waals surface area contributed by atoms with E-state index in [1.54, 1.807) is 0 Å². The van der Waals surface area contributed by atoms with Gasteiger partial charge in [0.1, 0.15) is 17.7 Å². The van der Waals surface area contributed by atoms with Crippen LogP contribution in [0.25, 0.3) is 0 Å². The first-order valence-electron chi connectivity index (χ1n) is 8.92. The fourth-order valence-electron chi connectivity index (χ4n) is 2.53. The van der Waals surface area contributed by atoms with Gasteiger partial charge >= 0.3 is 0 Å². The van der Waals surface area contributed by atoms with E-state index < -0.39 is 5.54 Å². The molecular weight excluding hydrogens is 394 g/mol. The van der Waals surface area contributed by atoms with Crippen LogP contribution in [0.2, 0.25) is 0 Å². The largest absolute Gasteiger partial charge is 0.379 e. The summed E-state index contributed by atoms with van der Waals surface area (Å²) in [7, 11) is 0. The second-order valence-corrected chi connectivity index (χ2v) is 6.50. The minimum Gasteiger partial charge on any atom is -0.379 e. The summed E-state index contributed by atoms with van der Waals surface area (Å²) in [6.45, 7) is 8.44. The second-order valence-electron chi connectivity index (χ2n) is 6.04. The Hall–Kier alpha value is -0.250. The molecule has 0 aliphatic heterocycles. The van der Waals surface area contributed by atoms with E-state index in [9.17, 15) is 4.79 Å². The Kier molecular flexibility index (Phi) is 11.9. The SMILES string of the molecule is CCOCC(COCC)(COCC)NC(=O)COC1CC(OCBr)C1. The molecule has 1 fully saturated rings. The number of nitrogens with one attached hydrogen (secondary N) is 1. The molecule has 0 saturated heterocycles. The summed E-state index contributed by atoms with van der Waals surface area (Å²) >= 11 is 3.24. The molecular formula is C17H32BrNO6. The van der Waals surface area contributed by atoms with Gasteiger partial charge in [-0.15, -0.1) is 0 Å². The highest BCUT2D eigenvalue weighted by molar-refractivity contribution is 9.09. The maximum Gasteiger partial charge on any atom is 0.246 e. The molecule has 0 bridgehead atoms. The Bertz CT molecular complexity index is 343. The Morgan fingerprint density at radius 1 is 0.960 bits per heavy atom. The molecule has 0 spiro atoms. The third-order valence-electron chi connectivity index (χ3n) is 3.95. The van der Waals surface area contributed by atoms with Gasteiger partial charge in [0.25, 0.3) is 0 Å². The summed E-state index contributed by atoms with van der Waals surface area (Å²) in [5.74, 6) is -0.191. The van der Waals surface area contributed by atoms with Crippen molar-refractivity contribution in [3.8, 4) is 0 Å². The van der Waals surface area contributed by atoms with Crippen molar-refractivity contribution >= 4 is 21.8 Å². The normalized spacial score (nSPS) is 20.3. The molecule has 0 radical (unpaired) electrons. The molecule has 1 aliphatic rings. The lowest BCUT2D eigenvalue weighted by atomic mass is 9.92. The Morgan fingerprint density at radius 2 is 1.44 bits per heavy atom. The highest BCUT2D eigenvalue weighted by Gasteiger charge is 2.35. The number of alkyl halides is 1. The number of rotatable bonds is 15. The molecule has 25 heavy (non-hydrogen) atoms. The van der Waals surface area contributed by atoms with E-state index >= 15 is 0 Å². The summed E-state index contributed by atoms with van der Waals surface area (Å²) in [5, 5.41) is 3.00. The molecule has 1 N–H and O–H groups in total. The highest BCUT2D eigenvalue weighted by Crippen LogP contribution is 2.26. The van der Waals surface area contributed by atoms with Crippen molar-refractivity contribution in [3.63, 3.8) is 0 Å². The van der Waals surface area contributed by atoms with Crippen LogP contribution in [-0.2, 0) is 28.5 Å². The summed E-state index contributed by atoms with van der Waals surface area (Å²) in [6, 6.07) is 0. The zero-order chi connectivity index (χ0) is 18.5. The summed E-state index contributed by atoms with van der Waals surface area (Å²) in [4.78, 5) is 12.4. The molecule has 8 heteroatoms. The average Bonchev–Trinajstić information content (AvgIpc) is 2.58. The third-order valence-corrected chi connectivity index (χ3v) is 4.22. The number of ether oxygens (including phenoxy) is 5. The molecule has 1 amide bonds. The van der Waals surface area contributed by atoms with Crippen molar-refractivity contribution < 1.29 is 28.5 Å². The van der Waals surface area contributed by atoms with Crippen LogP contribution < -0.4 is 5.32 Å². The Balaban J connectivity index is 2.48. The van der Waals surface area contributed by atoms with Gasteiger partial charge in [-0.05, 0) is 20.8 Å². The van der Waals surface area contributed by atoms with Crippen molar-refractivity contribution in [2.45, 2.75) is 51.4 Å². The van der Waals surface area contributed by atoms with Crippen LogP contribution in [0.3, 0.4) is 0 Å². The molecule has 0 atom stereocenters. The fourth-order valence-corrected chi connectivity index (χ4v) is 2.90. The molecule has 7 nitrogen and oxygen atoms in total. The Morgan fingerprint density at radius 3 is 1.88 bits per heavy atom. The highest BCUT2D eigenvalue weighted by atomic mass is 79.9. The minimum absolute atomic E-state index is 0.0117. The van der Waals surface area contributed by atoms with Gasteiger partial charge in [-0.25, -0.2) is 0 Å². The van der Waals surface area contributed by atoms with Crippen LogP contribution in [-0.4, -0.2) is 75.4 Å². The van der Waals surface area contributed by atoms with Crippen LogP contribution in [0.5, 0.6) is 0 Å². The van der Waals surface area contributed by atoms with E-state index in [-0.39, 0.29) is 24.7 Å². The van der Waals surface area contributed by atoms with Gasteiger partial charge in [-0.2, -0.15) is 0 Å². The van der Waals surface area contributed by atoms with E-state index in [4.69, 9.17) is 23.7 Å². The van der Waals surface area contributed by atoms with Crippen LogP contribution in [0.4, 0.5) is 0 Å². The van der Waals surface area contributed by atoms with Gasteiger partial charge in [0.15, 0.2) is 0 Å². The van der Waals surface area contributed by atoms with E-state index in [0.29, 0.717) is 45.2 Å². The summed E-state index contributed by atoms with van der Waals surface area (Å²) in [5.41, 5.74) is -0.177. The van der Waals surface area contributed by atoms with Crippen molar-refractivity contribution in [3.05, 3.63) is 0 Å². The van der Waals surface area contributed by atoms with Crippen LogP contribution in [0.1, 0.15) is 33.6 Å². The van der Waals surface area contributed by atoms with Crippen molar-refractivity contribution in [2.75, 3.05) is 51.8 Å². The van der Waals surface area contributed by atoms with E-state index in [2.05, 4.69) is 21.2 Å². The minimum atomic E-state index is -0.705. The quantitative estimate of drug-likeness (QED) is 0.403. The lowest BCUT2D eigenvalue weighted by molar-refractivity contribution is -0.141. The topological polar surface area (TPSA) is 75.2 Å². The van der Waals surface area contributed by atoms with Crippen LogP contribution in [0.15, 0.2) is 0 Å². The molecule has 0 aromatic carbocycles. The monoisotopic (exact) mass is 425 g/mol. The number of carbonyl (C=O) groups excluding carboxylic acids is 1. The van der Waals surface area contributed by atoms with Crippen LogP contribution >= 0.6 is 15.9 Å². The van der Waals surface area contributed by atoms with Gasteiger partial charge in [-0.3, -0.25) is 4.79 Å². The zero-order valence-electron chi connectivity index (χ0n) is 15.6. The van der Waals surface area contributed by atoms with Gasteiger partial charge in [0.05, 0.1) is 32.0 Å². The first-order chi connectivity index (χ1) is 12.1. The van der Waals surface area contributed by atoms with Crippen molar-refractivity contribution in [1.82, 2.24) is 5.32 Å². The molecule has 1 rings (SSSR count). The first kappa shape index (κ1) is 22.8. The van der Waals surface area contributed by atoms with Gasteiger partial charge in [-0.1, -0.05) is 15.9 Å². The first-order valence-corrected chi connectivity index (χ1v) is 10.0. The maximum absolute atomic E-state index is 12.4. The lowest BCUT2D eigenvalue weighted by Gasteiger charge is -2.36. The number of halogens is 1. The van der Waals surface area contributed by atoms with Crippen LogP contribution in [0, 0.1) is 0 Å². The molecule has 1 aliphatic carbocycles. The fraction of sp³-hybridized carbons (Fsp3) is 0.941. The predicted octanol–water partition coefficient (Wildman–Crippen LogP) is 1.87. The summed E-state index contributed by atoms with van der Waals surface area (Å²) < 4.78 is 27.7. The third kappa shape index (κ3) is 8.79. The molecule has 1 saturated carbocycles. The smallest absolute Gasteiger partial charge is 0.246 e. The Labute approximate surface area is 159 Å². The standard InChI is InChI=1S/C17H32BrNO6/c1-4-21-10-17(11-22-5-2,12-23-6-3)19-16(20)9-24-14-7-15(8-14)25-13-18/h14-15H,4-13H2,1-3H3,(H,19,20). The average molecular weight is 426 g/mol. The lowest BCUT2D eigenvalue weighted by Crippen LogP contribution is -2.59. The van der Waals surface area contributed by atoms with E-state index in [0.717, 1.165) is 12.8 Å². The number of hydrogen-bond acceptors (Lipinski definition) is 6. The van der Waals surface area contributed by atoms with Crippen molar-refractivity contribution in [2.24, 2.45) is 0 Å². The number of carbonyl (C=O) groups is 1. The second kappa shape index (κ2) is 13.0. The molecule has 148 valence electrons. The summed E-state index contributed by atoms with van der Waals surface area (Å²) in [6.07, 6.45) is 1.94. The molecule has 0 unspecified atom stereocenters. The van der Waals surface area contributed by atoms with E-state index in [1.165, 1.54) is 0 Å². The number of amides is 1. The van der Waals surface area contributed by atoms with Crippen molar-refractivity contribution in [1.29, 1.82) is 0 Å². The maximum atomic E-state index is 12.4. The molecule has 0 aromatic rings. The van der Waals surface area contributed by atoms with E-state index in [1.807, 2.05) is 20.8 Å². The molecule has 0 aromatic heterocycles. The molecule has 0 heterocycles. The van der Waals surface area contributed by atoms with Gasteiger partial charge < -0.3 is 29.0 Å².